The number of hydrogen-bond acceptors (Lipinski definition) is 5. The number of nitrogens with zero attached hydrogens (tertiary/aromatic N) is 3. The van der Waals surface area contributed by atoms with E-state index in [1.165, 1.54) is 4.90 Å². The summed E-state index contributed by atoms with van der Waals surface area (Å²) in [6, 6.07) is 12.8. The highest BCUT2D eigenvalue weighted by atomic mass is 16.5. The zero-order chi connectivity index (χ0) is 23.2. The minimum Gasteiger partial charge on any atom is -0.376 e. The van der Waals surface area contributed by atoms with Gasteiger partial charge in [-0.15, -0.1) is 0 Å². The van der Waals surface area contributed by atoms with Crippen LogP contribution in [0.25, 0.3) is 11.0 Å². The number of imidazole rings is 1. The quantitative estimate of drug-likeness (QED) is 0.605. The van der Waals surface area contributed by atoms with Crippen LogP contribution in [-0.2, 0) is 4.74 Å². The Morgan fingerprint density at radius 3 is 2.74 bits per heavy atom. The number of imide groups is 1. The van der Waals surface area contributed by atoms with Gasteiger partial charge in [0.25, 0.3) is 17.7 Å². The van der Waals surface area contributed by atoms with Gasteiger partial charge in [0.2, 0.25) is 0 Å². The summed E-state index contributed by atoms with van der Waals surface area (Å²) in [5.74, 6) is 0.255. The average molecular weight is 459 g/mol. The van der Waals surface area contributed by atoms with Crippen molar-refractivity contribution < 1.29 is 19.1 Å². The summed E-state index contributed by atoms with van der Waals surface area (Å²) >= 11 is 0. The molecular weight excluding hydrogens is 432 g/mol. The van der Waals surface area contributed by atoms with Crippen molar-refractivity contribution in [2.24, 2.45) is 0 Å². The third kappa shape index (κ3) is 3.58. The van der Waals surface area contributed by atoms with E-state index in [9.17, 15) is 14.4 Å². The molecule has 0 spiro atoms. The van der Waals surface area contributed by atoms with Crippen LogP contribution in [0.15, 0.2) is 42.5 Å². The van der Waals surface area contributed by atoms with Gasteiger partial charge in [0.05, 0.1) is 34.8 Å². The first-order chi connectivity index (χ1) is 16.6. The highest BCUT2D eigenvalue weighted by Crippen LogP contribution is 2.30. The summed E-state index contributed by atoms with van der Waals surface area (Å²) in [4.78, 5) is 50.3. The highest BCUT2D eigenvalue weighted by molar-refractivity contribution is 6.22. The molecule has 0 bridgehead atoms. The number of hydrogen-bond donors (Lipinski definition) is 1. The van der Waals surface area contributed by atoms with Crippen molar-refractivity contribution in [1.82, 2.24) is 19.8 Å². The maximum Gasteiger partial charge on any atom is 0.261 e. The molecule has 3 aliphatic rings. The molecule has 2 fully saturated rings. The van der Waals surface area contributed by atoms with Crippen LogP contribution >= 0.6 is 0 Å². The second-order valence-corrected chi connectivity index (χ2v) is 9.35. The van der Waals surface area contributed by atoms with Crippen LogP contribution in [0.3, 0.4) is 0 Å². The van der Waals surface area contributed by atoms with E-state index in [0.29, 0.717) is 36.4 Å². The fourth-order valence-electron chi connectivity index (χ4n) is 5.31. The topological polar surface area (TPSA) is 95.6 Å². The average Bonchev–Trinajstić information content (AvgIpc) is 3.60. The Kier molecular flexibility index (Phi) is 5.17. The second-order valence-electron chi connectivity index (χ2n) is 9.35. The van der Waals surface area contributed by atoms with E-state index >= 15 is 0 Å². The lowest BCUT2D eigenvalue weighted by Crippen LogP contribution is -2.39. The van der Waals surface area contributed by atoms with Crippen molar-refractivity contribution >= 4 is 28.8 Å². The van der Waals surface area contributed by atoms with Crippen molar-refractivity contribution in [3.8, 4) is 0 Å². The number of rotatable bonds is 4. The summed E-state index contributed by atoms with van der Waals surface area (Å²) < 4.78 is 5.60. The van der Waals surface area contributed by atoms with Crippen molar-refractivity contribution in [3.63, 3.8) is 0 Å². The molecule has 2 atom stereocenters. The first-order valence-electron chi connectivity index (χ1n) is 11.9. The van der Waals surface area contributed by atoms with E-state index in [2.05, 4.69) is 4.98 Å². The standard InChI is InChI=1S/C26H26N4O4/c31-24(29-11-3-5-17(14-29)23-27-21-7-1-2-8-22(21)28-23)16-9-10-19-20(13-16)26(33)30(25(19)32)15-18-6-4-12-34-18/h1-2,7-10,13,17-18H,3-6,11-12,14-15H2,(H,27,28). The number of carbonyl (C=O) groups is 3. The molecule has 0 aliphatic carbocycles. The SMILES string of the molecule is O=C(c1ccc2c(c1)C(=O)N(CC1CCCO1)C2=O)N1CCCC(c2nc3ccccc3[nH]2)C1. The molecule has 6 rings (SSSR count). The normalized spacial score (nSPS) is 22.6. The van der Waals surface area contributed by atoms with E-state index in [1.54, 1.807) is 18.2 Å². The largest absolute Gasteiger partial charge is 0.376 e. The van der Waals surface area contributed by atoms with Crippen molar-refractivity contribution in [2.75, 3.05) is 26.2 Å². The number of aromatic nitrogens is 2. The third-order valence-electron chi connectivity index (χ3n) is 7.13. The number of nitrogens with one attached hydrogen (secondary N) is 1. The van der Waals surface area contributed by atoms with Gasteiger partial charge >= 0.3 is 0 Å². The molecule has 8 nitrogen and oxygen atoms in total. The molecule has 174 valence electrons. The first kappa shape index (κ1) is 21.0. The number of aromatic amines is 1. The number of benzene rings is 2. The Bertz CT molecular complexity index is 1260. The zero-order valence-electron chi connectivity index (χ0n) is 18.8. The minimum atomic E-state index is -0.344. The maximum absolute atomic E-state index is 13.4. The Morgan fingerprint density at radius 1 is 1.06 bits per heavy atom. The number of H-pyrrole nitrogens is 1. The van der Waals surface area contributed by atoms with Gasteiger partial charge in [-0.1, -0.05) is 12.1 Å². The summed E-state index contributed by atoms with van der Waals surface area (Å²) in [5, 5.41) is 0. The number of carbonyl (C=O) groups excluding carboxylic acids is 3. The van der Waals surface area contributed by atoms with Crippen LogP contribution < -0.4 is 0 Å². The smallest absolute Gasteiger partial charge is 0.261 e. The monoisotopic (exact) mass is 458 g/mol. The highest BCUT2D eigenvalue weighted by Gasteiger charge is 2.38. The molecule has 3 aromatic rings. The van der Waals surface area contributed by atoms with Gasteiger partial charge < -0.3 is 14.6 Å². The van der Waals surface area contributed by atoms with Crippen LogP contribution in [0.1, 0.15) is 68.5 Å². The second kappa shape index (κ2) is 8.36. The maximum atomic E-state index is 13.4. The summed E-state index contributed by atoms with van der Waals surface area (Å²) in [6.45, 7) is 2.15. The first-order valence-corrected chi connectivity index (χ1v) is 11.9. The molecule has 34 heavy (non-hydrogen) atoms. The van der Waals surface area contributed by atoms with E-state index in [4.69, 9.17) is 9.72 Å². The molecule has 2 aromatic carbocycles. The number of fused-ring (bicyclic) bond motifs is 2. The van der Waals surface area contributed by atoms with Crippen LogP contribution in [-0.4, -0.2) is 69.8 Å². The van der Waals surface area contributed by atoms with Gasteiger partial charge in [0.1, 0.15) is 5.82 Å². The lowest BCUT2D eigenvalue weighted by atomic mass is 9.96. The lowest BCUT2D eigenvalue weighted by molar-refractivity contribution is 0.0475. The molecule has 3 amide bonds. The number of ether oxygens (including phenoxy) is 1. The zero-order valence-corrected chi connectivity index (χ0v) is 18.8. The molecule has 8 heteroatoms. The van der Waals surface area contributed by atoms with E-state index in [-0.39, 0.29) is 36.3 Å². The predicted octanol–water partition coefficient (Wildman–Crippen LogP) is 3.36. The van der Waals surface area contributed by atoms with Gasteiger partial charge in [-0.25, -0.2) is 4.98 Å². The van der Waals surface area contributed by atoms with Crippen LogP contribution in [0, 0.1) is 0 Å². The van der Waals surface area contributed by atoms with Crippen molar-refractivity contribution in [3.05, 3.63) is 65.0 Å². The molecular formula is C26H26N4O4. The summed E-state index contributed by atoms with van der Waals surface area (Å²) in [6.07, 6.45) is 3.52. The number of likely N-dealkylation sites (tertiary alicyclic amines) is 1. The number of piperidine rings is 1. The molecule has 0 radical (unpaired) electrons. The Morgan fingerprint density at radius 2 is 1.91 bits per heavy atom. The summed E-state index contributed by atoms with van der Waals surface area (Å²) in [7, 11) is 0. The van der Waals surface area contributed by atoms with E-state index in [1.807, 2.05) is 29.2 Å². The van der Waals surface area contributed by atoms with Crippen molar-refractivity contribution in [2.45, 2.75) is 37.7 Å². The summed E-state index contributed by atoms with van der Waals surface area (Å²) in [5.41, 5.74) is 3.02. The Balaban J connectivity index is 1.20. The third-order valence-corrected chi connectivity index (χ3v) is 7.13. The van der Waals surface area contributed by atoms with Crippen LogP contribution in [0.2, 0.25) is 0 Å². The molecule has 2 unspecified atom stereocenters. The minimum absolute atomic E-state index is 0.105. The molecule has 2 saturated heterocycles. The van der Waals surface area contributed by atoms with E-state index < -0.39 is 0 Å². The van der Waals surface area contributed by atoms with Crippen LogP contribution in [0.5, 0.6) is 0 Å². The fourth-order valence-corrected chi connectivity index (χ4v) is 5.31. The predicted molar refractivity (Wildman–Crippen MR) is 125 cm³/mol. The molecule has 3 aliphatic heterocycles. The number of para-hydroxylation sites is 2. The van der Waals surface area contributed by atoms with Crippen molar-refractivity contribution in [1.29, 1.82) is 0 Å². The number of amides is 3. The molecule has 4 heterocycles. The molecule has 1 N–H and O–H groups in total. The Labute approximate surface area is 196 Å². The van der Waals surface area contributed by atoms with Gasteiger partial charge in [0, 0.05) is 31.2 Å². The van der Waals surface area contributed by atoms with Gasteiger partial charge in [-0.05, 0) is 56.0 Å². The molecule has 1 aromatic heterocycles. The van der Waals surface area contributed by atoms with E-state index in [0.717, 1.165) is 42.5 Å². The molecule has 0 saturated carbocycles. The Hall–Kier alpha value is -3.52. The lowest BCUT2D eigenvalue weighted by Gasteiger charge is -2.32. The fraction of sp³-hybridized carbons (Fsp3) is 0.385. The van der Waals surface area contributed by atoms with Gasteiger partial charge in [-0.2, -0.15) is 0 Å². The van der Waals surface area contributed by atoms with Gasteiger partial charge in [-0.3, -0.25) is 19.3 Å². The van der Waals surface area contributed by atoms with Gasteiger partial charge in [0.15, 0.2) is 0 Å². The van der Waals surface area contributed by atoms with Crippen LogP contribution in [0.4, 0.5) is 0 Å².